The van der Waals surface area contributed by atoms with Gasteiger partial charge in [-0.25, -0.2) is 9.67 Å². The number of aryl methyl sites for hydroxylation is 2. The van der Waals surface area contributed by atoms with Gasteiger partial charge in [0.05, 0.1) is 16.4 Å². The zero-order chi connectivity index (χ0) is 19.5. The average molecular weight is 375 g/mol. The van der Waals surface area contributed by atoms with Crippen LogP contribution in [0.15, 0.2) is 53.3 Å². The molecule has 142 valence electrons. The van der Waals surface area contributed by atoms with Crippen molar-refractivity contribution in [1.82, 2.24) is 25.1 Å². The molecule has 0 atom stereocenters. The third-order valence-corrected chi connectivity index (χ3v) is 4.70. The molecule has 0 fully saturated rings. The number of para-hydroxylation sites is 2. The Labute approximate surface area is 161 Å². The lowest BCUT2D eigenvalue weighted by molar-refractivity contribution is 0.0947. The second kappa shape index (κ2) is 7.64. The maximum absolute atomic E-state index is 12.7. The number of imidazole rings is 1. The molecule has 7 heteroatoms. The third kappa shape index (κ3) is 3.38. The van der Waals surface area contributed by atoms with E-state index in [0.717, 1.165) is 29.7 Å². The topological polar surface area (TPSA) is 92.7 Å². The first-order chi connectivity index (χ1) is 13.7. The summed E-state index contributed by atoms with van der Waals surface area (Å²) >= 11 is 0. The van der Waals surface area contributed by atoms with Crippen molar-refractivity contribution < 1.29 is 4.79 Å². The van der Waals surface area contributed by atoms with Gasteiger partial charge in [0, 0.05) is 24.9 Å². The average Bonchev–Trinajstić information content (AvgIpc) is 3.14. The molecule has 0 bridgehead atoms. The molecule has 0 aliphatic carbocycles. The van der Waals surface area contributed by atoms with Crippen molar-refractivity contribution in [3.05, 3.63) is 70.4 Å². The summed E-state index contributed by atoms with van der Waals surface area (Å²) in [5.74, 6) is 0.626. The van der Waals surface area contributed by atoms with Crippen LogP contribution in [0.5, 0.6) is 0 Å². The SMILES string of the molecule is CCn1nc(C(=O)NCCCc2nc3ccccc3[nH]2)c2ccccc2c1=O. The van der Waals surface area contributed by atoms with Crippen molar-refractivity contribution in [1.29, 1.82) is 0 Å². The van der Waals surface area contributed by atoms with Gasteiger partial charge in [-0.3, -0.25) is 9.59 Å². The van der Waals surface area contributed by atoms with E-state index < -0.39 is 0 Å². The van der Waals surface area contributed by atoms with E-state index in [4.69, 9.17) is 0 Å². The van der Waals surface area contributed by atoms with Crippen molar-refractivity contribution in [3.8, 4) is 0 Å². The molecule has 0 unspecified atom stereocenters. The molecule has 1 amide bonds. The molecular formula is C21H21N5O2. The normalized spacial score (nSPS) is 11.2. The van der Waals surface area contributed by atoms with Gasteiger partial charge in [0.2, 0.25) is 0 Å². The lowest BCUT2D eigenvalue weighted by Gasteiger charge is -2.10. The van der Waals surface area contributed by atoms with Crippen molar-refractivity contribution in [3.63, 3.8) is 0 Å². The fraction of sp³-hybridized carbons (Fsp3) is 0.238. The maximum Gasteiger partial charge on any atom is 0.274 e. The summed E-state index contributed by atoms with van der Waals surface area (Å²) in [5, 5.41) is 8.25. The minimum Gasteiger partial charge on any atom is -0.351 e. The molecule has 2 heterocycles. The molecule has 4 aromatic rings. The smallest absolute Gasteiger partial charge is 0.274 e. The molecule has 0 saturated carbocycles. The Bertz CT molecular complexity index is 1180. The molecule has 0 aliphatic rings. The Morgan fingerprint density at radius 3 is 2.64 bits per heavy atom. The highest BCUT2D eigenvalue weighted by Crippen LogP contribution is 2.14. The first-order valence-corrected chi connectivity index (χ1v) is 9.39. The van der Waals surface area contributed by atoms with E-state index >= 15 is 0 Å². The first-order valence-electron chi connectivity index (χ1n) is 9.39. The summed E-state index contributed by atoms with van der Waals surface area (Å²) in [4.78, 5) is 32.9. The predicted octanol–water partition coefficient (Wildman–Crippen LogP) is 2.66. The number of hydrogen-bond acceptors (Lipinski definition) is 4. The molecule has 4 rings (SSSR count). The van der Waals surface area contributed by atoms with E-state index in [0.29, 0.717) is 23.9 Å². The molecule has 0 saturated heterocycles. The Morgan fingerprint density at radius 1 is 1.11 bits per heavy atom. The van der Waals surface area contributed by atoms with Crippen LogP contribution in [0.3, 0.4) is 0 Å². The number of aromatic amines is 1. The van der Waals surface area contributed by atoms with Gasteiger partial charge in [-0.2, -0.15) is 5.10 Å². The Kier molecular flexibility index (Phi) is 4.89. The van der Waals surface area contributed by atoms with Gasteiger partial charge in [0.25, 0.3) is 11.5 Å². The van der Waals surface area contributed by atoms with E-state index in [9.17, 15) is 9.59 Å². The molecule has 7 nitrogen and oxygen atoms in total. The molecule has 0 aliphatic heterocycles. The number of carbonyl (C=O) groups excluding carboxylic acids is 1. The summed E-state index contributed by atoms with van der Waals surface area (Å²) in [5.41, 5.74) is 2.05. The summed E-state index contributed by atoms with van der Waals surface area (Å²) in [7, 11) is 0. The fourth-order valence-corrected chi connectivity index (χ4v) is 3.28. The van der Waals surface area contributed by atoms with E-state index in [-0.39, 0.29) is 17.2 Å². The predicted molar refractivity (Wildman–Crippen MR) is 108 cm³/mol. The second-order valence-corrected chi connectivity index (χ2v) is 6.58. The van der Waals surface area contributed by atoms with Crippen molar-refractivity contribution in [2.75, 3.05) is 6.54 Å². The van der Waals surface area contributed by atoms with Crippen LogP contribution >= 0.6 is 0 Å². The number of fused-ring (bicyclic) bond motifs is 2. The molecule has 0 spiro atoms. The number of amides is 1. The highest BCUT2D eigenvalue weighted by molar-refractivity contribution is 6.04. The molecule has 2 aromatic heterocycles. The van der Waals surface area contributed by atoms with Gasteiger partial charge in [-0.15, -0.1) is 0 Å². The van der Waals surface area contributed by atoms with Crippen LogP contribution in [0, 0.1) is 0 Å². The molecule has 28 heavy (non-hydrogen) atoms. The number of benzene rings is 2. The number of aromatic nitrogens is 4. The second-order valence-electron chi connectivity index (χ2n) is 6.58. The third-order valence-electron chi connectivity index (χ3n) is 4.70. The molecular weight excluding hydrogens is 354 g/mol. The van der Waals surface area contributed by atoms with Gasteiger partial charge in [-0.1, -0.05) is 30.3 Å². The molecule has 2 aromatic carbocycles. The summed E-state index contributed by atoms with van der Waals surface area (Å²) in [6, 6.07) is 15.0. The number of nitrogens with one attached hydrogen (secondary N) is 2. The van der Waals surface area contributed by atoms with E-state index in [1.807, 2.05) is 31.2 Å². The summed E-state index contributed by atoms with van der Waals surface area (Å²) in [6.07, 6.45) is 1.48. The molecule has 0 radical (unpaired) electrons. The quantitative estimate of drug-likeness (QED) is 0.507. The van der Waals surface area contributed by atoms with Gasteiger partial charge in [0.15, 0.2) is 5.69 Å². The lowest BCUT2D eigenvalue weighted by Crippen LogP contribution is -2.31. The summed E-state index contributed by atoms with van der Waals surface area (Å²) < 4.78 is 1.33. The maximum atomic E-state index is 12.7. The number of rotatable bonds is 6. The number of hydrogen-bond donors (Lipinski definition) is 2. The Balaban J connectivity index is 1.45. The minimum absolute atomic E-state index is 0.181. The van der Waals surface area contributed by atoms with E-state index in [2.05, 4.69) is 20.4 Å². The first kappa shape index (κ1) is 17.9. The van der Waals surface area contributed by atoms with E-state index in [1.54, 1.807) is 24.3 Å². The minimum atomic E-state index is -0.275. The number of nitrogens with zero attached hydrogens (tertiary/aromatic N) is 3. The standard InChI is InChI=1S/C21H21N5O2/c1-2-26-21(28)15-9-4-3-8-14(15)19(25-26)20(27)22-13-7-12-18-23-16-10-5-6-11-17(16)24-18/h3-6,8-11H,2,7,12-13H2,1H3,(H,22,27)(H,23,24). The van der Waals surface area contributed by atoms with Gasteiger partial charge in [0.1, 0.15) is 5.82 Å². The Morgan fingerprint density at radius 2 is 1.86 bits per heavy atom. The monoisotopic (exact) mass is 375 g/mol. The molecule has 2 N–H and O–H groups in total. The van der Waals surface area contributed by atoms with Crippen LogP contribution in [-0.2, 0) is 13.0 Å². The zero-order valence-corrected chi connectivity index (χ0v) is 15.6. The van der Waals surface area contributed by atoms with Crippen LogP contribution in [0.4, 0.5) is 0 Å². The number of carbonyl (C=O) groups is 1. The Hall–Kier alpha value is -3.48. The van der Waals surface area contributed by atoms with Crippen LogP contribution < -0.4 is 10.9 Å². The van der Waals surface area contributed by atoms with E-state index in [1.165, 1.54) is 4.68 Å². The van der Waals surface area contributed by atoms with Crippen molar-refractivity contribution in [2.45, 2.75) is 26.3 Å². The summed E-state index contributed by atoms with van der Waals surface area (Å²) in [6.45, 7) is 2.74. The highest BCUT2D eigenvalue weighted by Gasteiger charge is 2.15. The number of H-pyrrole nitrogens is 1. The zero-order valence-electron chi connectivity index (χ0n) is 15.6. The van der Waals surface area contributed by atoms with Crippen molar-refractivity contribution in [2.24, 2.45) is 0 Å². The van der Waals surface area contributed by atoms with Gasteiger partial charge in [-0.05, 0) is 31.5 Å². The van der Waals surface area contributed by atoms with Crippen LogP contribution in [0.2, 0.25) is 0 Å². The van der Waals surface area contributed by atoms with Gasteiger partial charge >= 0.3 is 0 Å². The van der Waals surface area contributed by atoms with Crippen LogP contribution in [0.1, 0.15) is 29.7 Å². The largest absolute Gasteiger partial charge is 0.351 e. The van der Waals surface area contributed by atoms with Crippen LogP contribution in [-0.4, -0.2) is 32.2 Å². The van der Waals surface area contributed by atoms with Crippen LogP contribution in [0.25, 0.3) is 21.8 Å². The van der Waals surface area contributed by atoms with Gasteiger partial charge < -0.3 is 10.3 Å². The highest BCUT2D eigenvalue weighted by atomic mass is 16.2. The lowest BCUT2D eigenvalue weighted by atomic mass is 10.1. The van der Waals surface area contributed by atoms with Crippen molar-refractivity contribution >= 4 is 27.7 Å². The fourth-order valence-electron chi connectivity index (χ4n) is 3.28.